The van der Waals surface area contributed by atoms with Crippen molar-refractivity contribution in [1.29, 1.82) is 0 Å². The highest BCUT2D eigenvalue weighted by Crippen LogP contribution is 2.21. The lowest BCUT2D eigenvalue weighted by Crippen LogP contribution is -2.49. The molecule has 0 bridgehead atoms. The largest absolute Gasteiger partial charge is 0.338 e. The molecule has 3 heterocycles. The molecule has 2 aliphatic rings. The van der Waals surface area contributed by atoms with Crippen molar-refractivity contribution in [2.24, 2.45) is 0 Å². The first kappa shape index (κ1) is 13.9. The molecular formula is C14H21ClN4O. The summed E-state index contributed by atoms with van der Waals surface area (Å²) in [6, 6.07) is 0.417. The summed E-state index contributed by atoms with van der Waals surface area (Å²) in [7, 11) is 0. The van der Waals surface area contributed by atoms with E-state index in [1.165, 1.54) is 6.42 Å². The molecule has 0 aliphatic carbocycles. The van der Waals surface area contributed by atoms with Gasteiger partial charge in [-0.25, -0.2) is 0 Å². The van der Waals surface area contributed by atoms with Crippen LogP contribution in [0.25, 0.3) is 0 Å². The SMILES string of the molecule is O=C1CCCN1[C@H]1CCCN(CCn2cc(Cl)cn2)C1. The molecule has 0 radical (unpaired) electrons. The van der Waals surface area contributed by atoms with Crippen molar-refractivity contribution in [3.63, 3.8) is 0 Å². The van der Waals surface area contributed by atoms with Crippen LogP contribution in [0.4, 0.5) is 0 Å². The van der Waals surface area contributed by atoms with Crippen LogP contribution >= 0.6 is 11.6 Å². The topological polar surface area (TPSA) is 41.4 Å². The molecule has 0 unspecified atom stereocenters. The van der Waals surface area contributed by atoms with Crippen LogP contribution in [0.5, 0.6) is 0 Å². The molecule has 1 aromatic rings. The van der Waals surface area contributed by atoms with Crippen molar-refractivity contribution in [1.82, 2.24) is 19.6 Å². The van der Waals surface area contributed by atoms with Crippen LogP contribution in [-0.2, 0) is 11.3 Å². The van der Waals surface area contributed by atoms with Gasteiger partial charge >= 0.3 is 0 Å². The summed E-state index contributed by atoms with van der Waals surface area (Å²) < 4.78 is 1.88. The second-order valence-corrected chi connectivity index (χ2v) is 6.15. The van der Waals surface area contributed by atoms with Gasteiger partial charge in [0.15, 0.2) is 0 Å². The van der Waals surface area contributed by atoms with Gasteiger partial charge in [0, 0.05) is 38.3 Å². The van der Waals surface area contributed by atoms with Gasteiger partial charge in [0.05, 0.1) is 17.8 Å². The lowest BCUT2D eigenvalue weighted by Gasteiger charge is -2.37. The summed E-state index contributed by atoms with van der Waals surface area (Å²) in [6.45, 7) is 4.89. The van der Waals surface area contributed by atoms with Crippen molar-refractivity contribution in [3.8, 4) is 0 Å². The summed E-state index contributed by atoms with van der Waals surface area (Å²) >= 11 is 5.87. The van der Waals surface area contributed by atoms with Crippen molar-refractivity contribution >= 4 is 17.5 Å². The average molecular weight is 297 g/mol. The highest BCUT2D eigenvalue weighted by Gasteiger charge is 2.31. The van der Waals surface area contributed by atoms with E-state index >= 15 is 0 Å². The molecule has 1 amide bonds. The lowest BCUT2D eigenvalue weighted by atomic mass is 10.0. The molecule has 0 N–H and O–H groups in total. The number of halogens is 1. The number of hydrogen-bond donors (Lipinski definition) is 0. The maximum absolute atomic E-state index is 11.8. The van der Waals surface area contributed by atoms with E-state index in [9.17, 15) is 4.79 Å². The molecule has 20 heavy (non-hydrogen) atoms. The molecule has 1 aromatic heterocycles. The zero-order valence-corrected chi connectivity index (χ0v) is 12.4. The fraction of sp³-hybridized carbons (Fsp3) is 0.714. The minimum absolute atomic E-state index is 0.343. The van der Waals surface area contributed by atoms with Crippen LogP contribution in [0.2, 0.25) is 5.02 Å². The van der Waals surface area contributed by atoms with E-state index in [2.05, 4.69) is 14.9 Å². The quantitative estimate of drug-likeness (QED) is 0.848. The first-order valence-electron chi connectivity index (χ1n) is 7.42. The average Bonchev–Trinajstić information content (AvgIpc) is 3.05. The van der Waals surface area contributed by atoms with E-state index in [-0.39, 0.29) is 0 Å². The van der Waals surface area contributed by atoms with Crippen molar-refractivity contribution in [3.05, 3.63) is 17.4 Å². The number of carbonyl (C=O) groups excluding carboxylic acids is 1. The molecule has 0 saturated carbocycles. The highest BCUT2D eigenvalue weighted by molar-refractivity contribution is 6.30. The van der Waals surface area contributed by atoms with Gasteiger partial charge in [0.1, 0.15) is 0 Å². The third-order valence-electron chi connectivity index (χ3n) is 4.28. The van der Waals surface area contributed by atoms with E-state index in [0.717, 1.165) is 52.0 Å². The Hall–Kier alpha value is -1.07. The van der Waals surface area contributed by atoms with Crippen molar-refractivity contribution in [2.45, 2.75) is 38.3 Å². The minimum Gasteiger partial charge on any atom is -0.338 e. The van der Waals surface area contributed by atoms with Gasteiger partial charge in [0.2, 0.25) is 5.91 Å². The Balaban J connectivity index is 1.51. The van der Waals surface area contributed by atoms with Crippen LogP contribution in [0.3, 0.4) is 0 Å². The number of carbonyl (C=O) groups is 1. The summed E-state index contributed by atoms with van der Waals surface area (Å²) in [6.07, 6.45) is 7.62. The number of rotatable bonds is 4. The molecule has 2 saturated heterocycles. The molecule has 110 valence electrons. The van der Waals surface area contributed by atoms with Crippen LogP contribution in [0.15, 0.2) is 12.4 Å². The second-order valence-electron chi connectivity index (χ2n) is 5.71. The second kappa shape index (κ2) is 6.14. The summed E-state index contributed by atoms with van der Waals surface area (Å²) in [5, 5.41) is 4.89. The van der Waals surface area contributed by atoms with E-state index in [1.807, 2.05) is 10.9 Å². The van der Waals surface area contributed by atoms with E-state index in [4.69, 9.17) is 11.6 Å². The number of likely N-dealkylation sites (tertiary alicyclic amines) is 2. The Morgan fingerprint density at radius 2 is 2.20 bits per heavy atom. The Bertz CT molecular complexity index is 475. The van der Waals surface area contributed by atoms with Gasteiger partial charge in [-0.3, -0.25) is 14.4 Å². The molecule has 2 fully saturated rings. The fourth-order valence-corrected chi connectivity index (χ4v) is 3.40. The lowest BCUT2D eigenvalue weighted by molar-refractivity contribution is -0.130. The van der Waals surface area contributed by atoms with Crippen LogP contribution in [-0.4, -0.2) is 57.7 Å². The van der Waals surface area contributed by atoms with Crippen molar-refractivity contribution in [2.75, 3.05) is 26.2 Å². The van der Waals surface area contributed by atoms with Gasteiger partial charge in [-0.15, -0.1) is 0 Å². The number of hydrogen-bond acceptors (Lipinski definition) is 3. The third kappa shape index (κ3) is 3.15. The minimum atomic E-state index is 0.343. The van der Waals surface area contributed by atoms with E-state index in [1.54, 1.807) is 6.20 Å². The highest BCUT2D eigenvalue weighted by atomic mass is 35.5. The van der Waals surface area contributed by atoms with Crippen molar-refractivity contribution < 1.29 is 4.79 Å². The maximum Gasteiger partial charge on any atom is 0.222 e. The summed E-state index contributed by atoms with van der Waals surface area (Å²) in [4.78, 5) is 16.4. The number of amides is 1. The smallest absolute Gasteiger partial charge is 0.222 e. The normalized spacial score (nSPS) is 24.6. The Morgan fingerprint density at radius 1 is 1.30 bits per heavy atom. The summed E-state index contributed by atoms with van der Waals surface area (Å²) in [5.74, 6) is 0.343. The predicted octanol–water partition coefficient (Wildman–Crippen LogP) is 1.62. The standard InChI is InChI=1S/C14H21ClN4O/c15-12-9-16-18(10-12)8-7-17-5-1-3-13(11-17)19-6-2-4-14(19)20/h9-10,13H,1-8,11H2/t13-/m0/s1. The van der Waals surface area contributed by atoms with E-state index < -0.39 is 0 Å². The summed E-state index contributed by atoms with van der Waals surface area (Å²) in [5.41, 5.74) is 0. The first-order chi connectivity index (χ1) is 9.72. The molecule has 6 heteroatoms. The number of piperidine rings is 1. The van der Waals surface area contributed by atoms with Crippen LogP contribution in [0.1, 0.15) is 25.7 Å². The molecule has 1 atom stereocenters. The third-order valence-corrected chi connectivity index (χ3v) is 4.47. The zero-order chi connectivity index (χ0) is 13.9. The Labute approximate surface area is 124 Å². The van der Waals surface area contributed by atoms with Crippen LogP contribution in [0, 0.1) is 0 Å². The molecule has 3 rings (SSSR count). The van der Waals surface area contributed by atoms with Gasteiger partial charge in [-0.1, -0.05) is 11.6 Å². The monoisotopic (exact) mass is 296 g/mol. The van der Waals surface area contributed by atoms with Gasteiger partial charge < -0.3 is 4.90 Å². The molecule has 0 aromatic carbocycles. The number of nitrogens with zero attached hydrogens (tertiary/aromatic N) is 4. The van der Waals surface area contributed by atoms with Gasteiger partial charge in [-0.2, -0.15) is 5.10 Å². The van der Waals surface area contributed by atoms with Crippen LogP contribution < -0.4 is 0 Å². The maximum atomic E-state index is 11.8. The fourth-order valence-electron chi connectivity index (χ4n) is 3.25. The Morgan fingerprint density at radius 3 is 2.90 bits per heavy atom. The predicted molar refractivity (Wildman–Crippen MR) is 77.6 cm³/mol. The number of aromatic nitrogens is 2. The molecule has 2 aliphatic heterocycles. The van der Waals surface area contributed by atoms with Gasteiger partial charge in [0.25, 0.3) is 0 Å². The molecule has 5 nitrogen and oxygen atoms in total. The molecular weight excluding hydrogens is 276 g/mol. The van der Waals surface area contributed by atoms with E-state index in [0.29, 0.717) is 17.0 Å². The zero-order valence-electron chi connectivity index (χ0n) is 11.7. The Kier molecular flexibility index (Phi) is 4.27. The van der Waals surface area contributed by atoms with Gasteiger partial charge in [-0.05, 0) is 25.8 Å². The first-order valence-corrected chi connectivity index (χ1v) is 7.80. The molecule has 0 spiro atoms.